The van der Waals surface area contributed by atoms with Crippen molar-refractivity contribution in [2.24, 2.45) is 0 Å². The van der Waals surface area contributed by atoms with E-state index in [0.29, 0.717) is 15.8 Å². The molecule has 2 amide bonds. The third-order valence-corrected chi connectivity index (χ3v) is 5.26. The van der Waals surface area contributed by atoms with Crippen molar-refractivity contribution in [2.45, 2.75) is 45.8 Å². The lowest BCUT2D eigenvalue weighted by Gasteiger charge is -2.30. The van der Waals surface area contributed by atoms with Crippen molar-refractivity contribution in [1.29, 1.82) is 0 Å². The monoisotopic (exact) mass is 436 g/mol. The zero-order chi connectivity index (χ0) is 21.4. The number of amides is 2. The van der Waals surface area contributed by atoms with Crippen molar-refractivity contribution in [2.75, 3.05) is 6.61 Å². The van der Waals surface area contributed by atoms with Crippen molar-refractivity contribution in [3.05, 3.63) is 64.1 Å². The summed E-state index contributed by atoms with van der Waals surface area (Å²) in [5.41, 5.74) is 0.761. The zero-order valence-electron chi connectivity index (χ0n) is 16.8. The third kappa shape index (κ3) is 6.94. The molecule has 7 heteroatoms. The number of hydrogen-bond acceptors (Lipinski definition) is 3. The van der Waals surface area contributed by atoms with Gasteiger partial charge < -0.3 is 15.0 Å². The summed E-state index contributed by atoms with van der Waals surface area (Å²) < 4.78 is 5.59. The van der Waals surface area contributed by atoms with Crippen LogP contribution in [-0.2, 0) is 16.1 Å². The molecule has 1 N–H and O–H groups in total. The first kappa shape index (κ1) is 23.0. The Hall–Kier alpha value is -2.24. The second-order valence-corrected chi connectivity index (χ2v) is 7.69. The Morgan fingerprint density at radius 1 is 1.07 bits per heavy atom. The maximum absolute atomic E-state index is 13.0. The van der Waals surface area contributed by atoms with Crippen LogP contribution in [0.5, 0.6) is 5.75 Å². The van der Waals surface area contributed by atoms with E-state index < -0.39 is 6.04 Å². The van der Waals surface area contributed by atoms with Gasteiger partial charge in [0.15, 0.2) is 6.61 Å². The van der Waals surface area contributed by atoms with E-state index in [2.05, 4.69) is 5.32 Å². The molecule has 0 fully saturated rings. The average molecular weight is 437 g/mol. The molecule has 0 bridgehead atoms. The molecule has 0 saturated heterocycles. The molecule has 2 atom stereocenters. The lowest BCUT2D eigenvalue weighted by Crippen LogP contribution is -2.50. The highest BCUT2D eigenvalue weighted by atomic mass is 35.5. The summed E-state index contributed by atoms with van der Waals surface area (Å²) in [5.74, 6) is -0.00456. The first-order valence-corrected chi connectivity index (χ1v) is 10.3. The predicted octanol–water partition coefficient (Wildman–Crippen LogP) is 4.70. The molecular formula is C22H26Cl2N2O3. The molecule has 5 nitrogen and oxygen atoms in total. The first-order valence-electron chi connectivity index (χ1n) is 9.53. The van der Waals surface area contributed by atoms with Gasteiger partial charge in [0.25, 0.3) is 5.91 Å². The second kappa shape index (κ2) is 11.1. The predicted molar refractivity (Wildman–Crippen MR) is 116 cm³/mol. The number of ether oxygens (including phenoxy) is 1. The van der Waals surface area contributed by atoms with Crippen LogP contribution >= 0.6 is 23.2 Å². The van der Waals surface area contributed by atoms with Crippen LogP contribution in [0.3, 0.4) is 0 Å². The van der Waals surface area contributed by atoms with Gasteiger partial charge >= 0.3 is 0 Å². The van der Waals surface area contributed by atoms with E-state index in [1.165, 1.54) is 4.90 Å². The van der Waals surface area contributed by atoms with Crippen molar-refractivity contribution in [3.63, 3.8) is 0 Å². The first-order chi connectivity index (χ1) is 13.8. The molecule has 29 heavy (non-hydrogen) atoms. The number of carbonyl (C=O) groups excluding carboxylic acids is 2. The highest BCUT2D eigenvalue weighted by molar-refractivity contribution is 6.31. The number of halogens is 2. The van der Waals surface area contributed by atoms with E-state index in [4.69, 9.17) is 27.9 Å². The van der Waals surface area contributed by atoms with Crippen molar-refractivity contribution < 1.29 is 14.3 Å². The Labute approximate surface area is 181 Å². The summed E-state index contributed by atoms with van der Waals surface area (Å²) in [6.45, 7) is 5.62. The van der Waals surface area contributed by atoms with Gasteiger partial charge in [-0.05, 0) is 56.2 Å². The molecule has 2 unspecified atom stereocenters. The number of rotatable bonds is 9. The normalized spacial score (nSPS) is 12.7. The minimum Gasteiger partial charge on any atom is -0.484 e. The standard InChI is InChI=1S/C22H26Cl2N2O3/c1-4-15(2)25-22(28)16(3)26(13-17-7-5-6-8-20(17)24)21(27)14-29-19-11-9-18(23)10-12-19/h5-12,15-16H,4,13-14H2,1-3H3,(H,25,28). The van der Waals surface area contributed by atoms with Gasteiger partial charge in [-0.15, -0.1) is 0 Å². The average Bonchev–Trinajstić information content (AvgIpc) is 2.71. The third-order valence-electron chi connectivity index (χ3n) is 4.64. The molecule has 0 aliphatic heterocycles. The Kier molecular flexibility index (Phi) is 8.80. The molecule has 0 heterocycles. The van der Waals surface area contributed by atoms with E-state index in [0.717, 1.165) is 12.0 Å². The Morgan fingerprint density at radius 2 is 1.72 bits per heavy atom. The van der Waals surface area contributed by atoms with Crippen LogP contribution in [0.1, 0.15) is 32.8 Å². The maximum atomic E-state index is 13.0. The van der Waals surface area contributed by atoms with Gasteiger partial charge in [0.2, 0.25) is 5.91 Å². The molecule has 0 aliphatic rings. The van der Waals surface area contributed by atoms with Crippen LogP contribution in [0.4, 0.5) is 0 Å². The molecule has 156 valence electrons. The summed E-state index contributed by atoms with van der Waals surface area (Å²) in [7, 11) is 0. The smallest absolute Gasteiger partial charge is 0.261 e. The molecule has 2 aromatic rings. The van der Waals surface area contributed by atoms with Gasteiger partial charge in [0.1, 0.15) is 11.8 Å². The number of carbonyl (C=O) groups is 2. The van der Waals surface area contributed by atoms with Crippen LogP contribution in [-0.4, -0.2) is 35.4 Å². The van der Waals surface area contributed by atoms with Gasteiger partial charge in [-0.1, -0.05) is 48.3 Å². The molecule has 0 radical (unpaired) electrons. The second-order valence-electron chi connectivity index (χ2n) is 6.85. The van der Waals surface area contributed by atoms with E-state index >= 15 is 0 Å². The largest absolute Gasteiger partial charge is 0.484 e. The van der Waals surface area contributed by atoms with E-state index in [-0.39, 0.29) is 31.0 Å². The fraction of sp³-hybridized carbons (Fsp3) is 0.364. The molecule has 0 aliphatic carbocycles. The topological polar surface area (TPSA) is 58.6 Å². The molecule has 0 spiro atoms. The maximum Gasteiger partial charge on any atom is 0.261 e. The highest BCUT2D eigenvalue weighted by Gasteiger charge is 2.27. The van der Waals surface area contributed by atoms with Gasteiger partial charge in [-0.2, -0.15) is 0 Å². The summed E-state index contributed by atoms with van der Waals surface area (Å²) in [6, 6.07) is 13.3. The van der Waals surface area contributed by atoms with Gasteiger partial charge in [0, 0.05) is 22.6 Å². The summed E-state index contributed by atoms with van der Waals surface area (Å²) in [5, 5.41) is 4.05. The summed E-state index contributed by atoms with van der Waals surface area (Å²) in [6.07, 6.45) is 0.802. The lowest BCUT2D eigenvalue weighted by molar-refractivity contribution is -0.142. The fourth-order valence-electron chi connectivity index (χ4n) is 2.62. The van der Waals surface area contributed by atoms with Gasteiger partial charge in [0.05, 0.1) is 0 Å². The Balaban J connectivity index is 2.15. The molecule has 2 aromatic carbocycles. The fourth-order valence-corrected chi connectivity index (χ4v) is 2.94. The lowest BCUT2D eigenvalue weighted by atomic mass is 10.1. The number of nitrogens with zero attached hydrogens (tertiary/aromatic N) is 1. The van der Waals surface area contributed by atoms with E-state index in [9.17, 15) is 9.59 Å². The number of hydrogen-bond donors (Lipinski definition) is 1. The molecule has 0 aromatic heterocycles. The van der Waals surface area contributed by atoms with Crippen LogP contribution in [0.2, 0.25) is 10.0 Å². The van der Waals surface area contributed by atoms with Crippen molar-refractivity contribution in [3.8, 4) is 5.75 Å². The SMILES string of the molecule is CCC(C)NC(=O)C(C)N(Cc1ccccc1Cl)C(=O)COc1ccc(Cl)cc1. The zero-order valence-corrected chi connectivity index (χ0v) is 18.3. The van der Waals surface area contributed by atoms with Crippen molar-refractivity contribution in [1.82, 2.24) is 10.2 Å². The number of nitrogens with one attached hydrogen (secondary N) is 1. The summed E-state index contributed by atoms with van der Waals surface area (Å²) >= 11 is 12.1. The van der Waals surface area contributed by atoms with E-state index in [1.54, 1.807) is 37.3 Å². The molecule has 0 saturated carbocycles. The number of benzene rings is 2. The Morgan fingerprint density at radius 3 is 2.34 bits per heavy atom. The Bertz CT molecular complexity index is 827. The minimum atomic E-state index is -0.679. The van der Waals surface area contributed by atoms with Crippen LogP contribution in [0.25, 0.3) is 0 Å². The van der Waals surface area contributed by atoms with Crippen molar-refractivity contribution >= 4 is 35.0 Å². The molecular weight excluding hydrogens is 411 g/mol. The van der Waals surface area contributed by atoms with Crippen LogP contribution in [0.15, 0.2) is 48.5 Å². The van der Waals surface area contributed by atoms with Crippen LogP contribution in [0, 0.1) is 0 Å². The minimum absolute atomic E-state index is 0.0209. The van der Waals surface area contributed by atoms with Gasteiger partial charge in [-0.25, -0.2) is 0 Å². The van der Waals surface area contributed by atoms with Crippen LogP contribution < -0.4 is 10.1 Å². The quantitative estimate of drug-likeness (QED) is 0.619. The van der Waals surface area contributed by atoms with Gasteiger partial charge in [-0.3, -0.25) is 9.59 Å². The summed E-state index contributed by atoms with van der Waals surface area (Å²) in [4.78, 5) is 27.1. The highest BCUT2D eigenvalue weighted by Crippen LogP contribution is 2.20. The molecule has 2 rings (SSSR count). The van der Waals surface area contributed by atoms with E-state index in [1.807, 2.05) is 32.0 Å².